The van der Waals surface area contributed by atoms with Crippen LogP contribution in [-0.2, 0) is 4.79 Å². The van der Waals surface area contributed by atoms with Crippen molar-refractivity contribution in [1.82, 2.24) is 0 Å². The third kappa shape index (κ3) is 4.15. The van der Waals surface area contributed by atoms with Gasteiger partial charge in [0.15, 0.2) is 5.78 Å². The lowest BCUT2D eigenvalue weighted by Gasteiger charge is -1.94. The number of carbonyl (C=O) groups is 1. The van der Waals surface area contributed by atoms with Gasteiger partial charge in [0, 0.05) is 16.7 Å². The van der Waals surface area contributed by atoms with Gasteiger partial charge in [-0.15, -0.1) is 0 Å². The Hall–Kier alpha value is -0.373. The van der Waals surface area contributed by atoms with E-state index in [4.69, 9.17) is 0 Å². The number of hydrogen-bond acceptors (Lipinski definition) is 1. The summed E-state index contributed by atoms with van der Waals surface area (Å²) in [6, 6.07) is 1.22. The Labute approximate surface area is 59.6 Å². The molecule has 0 aromatic heterocycles. The van der Waals surface area contributed by atoms with E-state index in [0.29, 0.717) is 12.0 Å². The summed E-state index contributed by atoms with van der Waals surface area (Å²) in [6.07, 6.45) is 1.76. The van der Waals surface area contributed by atoms with E-state index >= 15 is 0 Å². The monoisotopic (exact) mass is 142 g/mol. The largest absolute Gasteiger partial charge is 0.295 e. The van der Waals surface area contributed by atoms with Crippen molar-refractivity contribution in [1.29, 1.82) is 0 Å². The maximum atomic E-state index is 10.8. The van der Waals surface area contributed by atoms with Gasteiger partial charge in [0.2, 0.25) is 0 Å². The van der Waals surface area contributed by atoms with Crippen LogP contribution in [0.4, 0.5) is 0 Å². The number of hydrogen-bond donors (Lipinski definition) is 0. The molecule has 0 aliphatic heterocycles. The summed E-state index contributed by atoms with van der Waals surface area (Å²) in [4.78, 5) is 10.8. The molecule has 0 radical (unpaired) electrons. The predicted octanol–water partition coefficient (Wildman–Crippen LogP) is 0.695. The number of Topliss-reactive ketones (excluding diaryl/α,β-unsaturated/α-hetero) is 1. The Morgan fingerprint density at radius 3 is 2.56 bits per heavy atom. The molecule has 0 spiro atoms. The number of allylic oxidation sites excluding steroid dienone is 1. The van der Waals surface area contributed by atoms with Crippen LogP contribution in [0.15, 0.2) is 12.2 Å². The van der Waals surface area contributed by atoms with Gasteiger partial charge in [-0.3, -0.25) is 4.79 Å². The van der Waals surface area contributed by atoms with Gasteiger partial charge in [0.1, 0.15) is 0 Å². The number of ketones is 1. The van der Waals surface area contributed by atoms with Gasteiger partial charge in [0.05, 0.1) is 0 Å². The average molecular weight is 142 g/mol. The van der Waals surface area contributed by atoms with Crippen molar-refractivity contribution in [2.75, 3.05) is 0 Å². The predicted molar refractivity (Wildman–Crippen MR) is 43.8 cm³/mol. The lowest BCUT2D eigenvalue weighted by molar-refractivity contribution is -0.115. The third-order valence-corrected chi connectivity index (χ3v) is 1.94. The maximum absolute atomic E-state index is 10.8. The molecule has 0 heterocycles. The van der Waals surface area contributed by atoms with E-state index in [1.54, 1.807) is 6.92 Å². The van der Waals surface area contributed by atoms with Crippen LogP contribution in [0.3, 0.4) is 0 Å². The molecule has 0 unspecified atom stereocenters. The molecule has 0 aliphatic carbocycles. The SMILES string of the molecule is C=C(C)C(=O)CCC[SiH3]. The summed E-state index contributed by atoms with van der Waals surface area (Å²) in [7, 11) is 1.21. The average Bonchev–Trinajstić information content (AvgIpc) is 1.82. The van der Waals surface area contributed by atoms with E-state index in [1.807, 2.05) is 0 Å². The fourth-order valence-electron chi connectivity index (χ4n) is 0.551. The van der Waals surface area contributed by atoms with Gasteiger partial charge in [-0.2, -0.15) is 0 Å². The summed E-state index contributed by atoms with van der Waals surface area (Å²) in [5.41, 5.74) is 0.699. The van der Waals surface area contributed by atoms with Gasteiger partial charge in [-0.1, -0.05) is 12.6 Å². The zero-order valence-corrected chi connectivity index (χ0v) is 8.24. The van der Waals surface area contributed by atoms with E-state index in [2.05, 4.69) is 6.58 Å². The Morgan fingerprint density at radius 2 is 2.22 bits per heavy atom. The van der Waals surface area contributed by atoms with Crippen LogP contribution < -0.4 is 0 Å². The first kappa shape index (κ1) is 8.63. The minimum atomic E-state index is 0.228. The topological polar surface area (TPSA) is 17.1 Å². The van der Waals surface area contributed by atoms with Crippen molar-refractivity contribution in [3.05, 3.63) is 12.2 Å². The molecule has 2 heteroatoms. The van der Waals surface area contributed by atoms with Gasteiger partial charge in [-0.25, -0.2) is 0 Å². The maximum Gasteiger partial charge on any atom is 0.157 e. The Kier molecular flexibility index (Phi) is 4.31. The molecule has 0 fully saturated rings. The fraction of sp³-hybridized carbons (Fsp3) is 0.571. The highest BCUT2D eigenvalue weighted by atomic mass is 28.1. The highest BCUT2D eigenvalue weighted by Gasteiger charge is 1.98. The van der Waals surface area contributed by atoms with E-state index in [1.165, 1.54) is 16.3 Å². The van der Waals surface area contributed by atoms with Crippen LogP contribution in [0.25, 0.3) is 0 Å². The molecule has 0 amide bonds. The van der Waals surface area contributed by atoms with Crippen molar-refractivity contribution in [2.45, 2.75) is 25.8 Å². The Bertz CT molecular complexity index is 118. The second-order valence-corrected chi connectivity index (χ2v) is 3.31. The lowest BCUT2D eigenvalue weighted by atomic mass is 10.1. The second-order valence-electron chi connectivity index (χ2n) is 2.31. The molecule has 0 atom stereocenters. The first-order valence-electron chi connectivity index (χ1n) is 3.37. The highest BCUT2D eigenvalue weighted by Crippen LogP contribution is 2.00. The van der Waals surface area contributed by atoms with Crippen LogP contribution in [0.2, 0.25) is 6.04 Å². The minimum absolute atomic E-state index is 0.228. The van der Waals surface area contributed by atoms with Gasteiger partial charge in [-0.05, 0) is 18.9 Å². The Morgan fingerprint density at radius 1 is 1.67 bits per heavy atom. The molecule has 0 N–H and O–H groups in total. The molecular weight excluding hydrogens is 128 g/mol. The zero-order chi connectivity index (χ0) is 7.28. The molecule has 1 nitrogen and oxygen atoms in total. The molecule has 0 aliphatic rings. The van der Waals surface area contributed by atoms with E-state index in [-0.39, 0.29) is 5.78 Å². The van der Waals surface area contributed by atoms with Crippen molar-refractivity contribution in [3.63, 3.8) is 0 Å². The van der Waals surface area contributed by atoms with Gasteiger partial charge < -0.3 is 0 Å². The molecule has 9 heavy (non-hydrogen) atoms. The standard InChI is InChI=1S/C7H14OSi/c1-6(2)7(8)4-3-5-9/h1,3-5H2,2,9H3. The summed E-state index contributed by atoms with van der Waals surface area (Å²) in [5.74, 6) is 0.228. The normalized spacial score (nSPS) is 9.44. The molecule has 52 valence electrons. The van der Waals surface area contributed by atoms with Crippen LogP contribution in [0.5, 0.6) is 0 Å². The summed E-state index contributed by atoms with van der Waals surface area (Å²) >= 11 is 0. The molecule has 0 aromatic rings. The van der Waals surface area contributed by atoms with Gasteiger partial charge >= 0.3 is 0 Å². The second kappa shape index (κ2) is 4.50. The molecule has 0 rings (SSSR count). The highest BCUT2D eigenvalue weighted by molar-refractivity contribution is 6.08. The summed E-state index contributed by atoms with van der Waals surface area (Å²) in [5, 5.41) is 0. The van der Waals surface area contributed by atoms with Crippen molar-refractivity contribution in [3.8, 4) is 0 Å². The molecule has 0 bridgehead atoms. The smallest absolute Gasteiger partial charge is 0.157 e. The van der Waals surface area contributed by atoms with E-state index < -0.39 is 0 Å². The number of carbonyl (C=O) groups excluding carboxylic acids is 1. The first-order chi connectivity index (χ1) is 4.18. The molecule has 0 aromatic carbocycles. The molecule has 0 saturated carbocycles. The quantitative estimate of drug-likeness (QED) is 0.417. The minimum Gasteiger partial charge on any atom is -0.295 e. The molecule has 0 saturated heterocycles. The van der Waals surface area contributed by atoms with E-state index in [0.717, 1.165) is 6.42 Å². The third-order valence-electron chi connectivity index (χ3n) is 1.23. The van der Waals surface area contributed by atoms with Gasteiger partial charge in [0.25, 0.3) is 0 Å². The van der Waals surface area contributed by atoms with E-state index in [9.17, 15) is 4.79 Å². The van der Waals surface area contributed by atoms with Crippen LogP contribution in [0.1, 0.15) is 19.8 Å². The van der Waals surface area contributed by atoms with Crippen molar-refractivity contribution < 1.29 is 4.79 Å². The summed E-state index contributed by atoms with van der Waals surface area (Å²) < 4.78 is 0. The van der Waals surface area contributed by atoms with Crippen LogP contribution in [0, 0.1) is 0 Å². The number of rotatable bonds is 4. The van der Waals surface area contributed by atoms with Crippen LogP contribution in [-0.4, -0.2) is 16.0 Å². The first-order valence-corrected chi connectivity index (χ1v) is 4.78. The Balaban J connectivity index is 3.39. The summed E-state index contributed by atoms with van der Waals surface area (Å²) in [6.45, 7) is 5.34. The molecular formula is C7H14OSi. The van der Waals surface area contributed by atoms with Crippen LogP contribution >= 0.6 is 0 Å². The van der Waals surface area contributed by atoms with Crippen molar-refractivity contribution in [2.24, 2.45) is 0 Å². The van der Waals surface area contributed by atoms with Crippen molar-refractivity contribution >= 4 is 16.0 Å². The lowest BCUT2D eigenvalue weighted by Crippen LogP contribution is -1.96. The zero-order valence-electron chi connectivity index (χ0n) is 6.24. The fourth-order valence-corrected chi connectivity index (χ4v) is 0.904.